The number of rotatable bonds is 8. The summed E-state index contributed by atoms with van der Waals surface area (Å²) in [5.74, 6) is 0.645. The van der Waals surface area contributed by atoms with Gasteiger partial charge in [0.05, 0.1) is 17.9 Å². The highest BCUT2D eigenvalue weighted by Gasteiger charge is 2.18. The van der Waals surface area contributed by atoms with Crippen molar-refractivity contribution < 1.29 is 4.74 Å². The summed E-state index contributed by atoms with van der Waals surface area (Å²) in [4.78, 5) is 18.4. The summed E-state index contributed by atoms with van der Waals surface area (Å²) in [6.07, 6.45) is 5.70. The summed E-state index contributed by atoms with van der Waals surface area (Å²) in [5, 5.41) is 6.93. The van der Waals surface area contributed by atoms with Crippen LogP contribution in [0.2, 0.25) is 0 Å². The second-order valence-electron chi connectivity index (χ2n) is 7.75. The Morgan fingerprint density at radius 3 is 2.62 bits per heavy atom. The lowest BCUT2D eigenvalue weighted by Crippen LogP contribution is -2.22. The first-order valence-electron chi connectivity index (χ1n) is 11.0. The van der Waals surface area contributed by atoms with Crippen LogP contribution in [-0.2, 0) is 6.42 Å². The predicted molar refractivity (Wildman–Crippen MR) is 136 cm³/mol. The zero-order chi connectivity index (χ0) is 20.9. The van der Waals surface area contributed by atoms with Crippen LogP contribution >= 0.6 is 24.8 Å². The topological polar surface area (TPSA) is 67.7 Å². The molecule has 0 bridgehead atoms. The zero-order valence-corrected chi connectivity index (χ0v) is 20.2. The molecule has 8 heteroatoms. The third-order valence-electron chi connectivity index (χ3n) is 5.57. The van der Waals surface area contributed by atoms with Crippen LogP contribution < -0.4 is 20.9 Å². The third-order valence-corrected chi connectivity index (χ3v) is 5.57. The minimum Gasteiger partial charge on any atom is -0.490 e. The predicted octanol–water partition coefficient (Wildman–Crippen LogP) is 4.72. The van der Waals surface area contributed by atoms with Gasteiger partial charge in [-0.1, -0.05) is 25.5 Å². The van der Waals surface area contributed by atoms with Crippen molar-refractivity contribution in [3.63, 3.8) is 0 Å². The van der Waals surface area contributed by atoms with Crippen molar-refractivity contribution in [2.24, 2.45) is 0 Å². The van der Waals surface area contributed by atoms with Gasteiger partial charge in [0.15, 0.2) is 11.4 Å². The lowest BCUT2D eigenvalue weighted by atomic mass is 10.0. The molecule has 1 aliphatic rings. The number of anilines is 1. The lowest BCUT2D eigenvalue weighted by molar-refractivity contribution is 0.342. The number of benzene rings is 1. The third kappa shape index (κ3) is 5.55. The fourth-order valence-electron chi connectivity index (χ4n) is 4.01. The Hall–Kier alpha value is -2.28. The van der Waals surface area contributed by atoms with Gasteiger partial charge in [-0.2, -0.15) is 0 Å². The molecule has 32 heavy (non-hydrogen) atoms. The Morgan fingerprint density at radius 2 is 1.97 bits per heavy atom. The number of fused-ring (bicyclic) bond motifs is 1. The molecule has 1 aliphatic heterocycles. The first-order chi connectivity index (χ1) is 14.7. The number of nitrogens with one attached hydrogen (secondary N) is 2. The Labute approximate surface area is 201 Å². The van der Waals surface area contributed by atoms with Crippen molar-refractivity contribution >= 4 is 36.1 Å². The van der Waals surface area contributed by atoms with E-state index in [1.165, 1.54) is 0 Å². The monoisotopic (exact) mass is 478 g/mol. The van der Waals surface area contributed by atoms with E-state index >= 15 is 0 Å². The van der Waals surface area contributed by atoms with Crippen molar-refractivity contribution in [1.82, 2.24) is 14.7 Å². The van der Waals surface area contributed by atoms with E-state index in [0.717, 1.165) is 55.7 Å². The molecule has 0 amide bonds. The van der Waals surface area contributed by atoms with Crippen molar-refractivity contribution in [3.05, 3.63) is 58.6 Å². The van der Waals surface area contributed by atoms with Gasteiger partial charge in [0.25, 0.3) is 5.56 Å². The maximum Gasteiger partial charge on any atom is 0.266 e. The van der Waals surface area contributed by atoms with Crippen LogP contribution in [0.25, 0.3) is 16.8 Å². The minimum absolute atomic E-state index is 0. The molecule has 1 atom stereocenters. The Morgan fingerprint density at radius 1 is 1.19 bits per heavy atom. The Kier molecular flexibility index (Phi) is 9.82. The van der Waals surface area contributed by atoms with Gasteiger partial charge in [-0.15, -0.1) is 24.8 Å². The highest BCUT2D eigenvalue weighted by Crippen LogP contribution is 2.26. The van der Waals surface area contributed by atoms with E-state index < -0.39 is 0 Å². The summed E-state index contributed by atoms with van der Waals surface area (Å²) in [6.45, 7) is 6.66. The number of aromatic nitrogens is 2. The lowest BCUT2D eigenvalue weighted by Gasteiger charge is -2.15. The summed E-state index contributed by atoms with van der Waals surface area (Å²) in [7, 11) is 0. The normalized spacial score (nSPS) is 15.1. The van der Waals surface area contributed by atoms with E-state index in [0.29, 0.717) is 29.6 Å². The van der Waals surface area contributed by atoms with Crippen LogP contribution in [0.15, 0.2) is 47.4 Å². The van der Waals surface area contributed by atoms with Crippen LogP contribution in [-0.4, -0.2) is 35.1 Å². The maximum atomic E-state index is 13.5. The number of hydrogen-bond donors (Lipinski definition) is 2. The summed E-state index contributed by atoms with van der Waals surface area (Å²) < 4.78 is 7.33. The maximum absolute atomic E-state index is 13.5. The van der Waals surface area contributed by atoms with Crippen LogP contribution in [0.5, 0.6) is 5.75 Å². The largest absolute Gasteiger partial charge is 0.490 e. The molecule has 6 nitrogen and oxygen atoms in total. The number of hydrogen-bond acceptors (Lipinski definition) is 5. The summed E-state index contributed by atoms with van der Waals surface area (Å²) in [6, 6.07) is 12.3. The van der Waals surface area contributed by atoms with Gasteiger partial charge >= 0.3 is 0 Å². The van der Waals surface area contributed by atoms with E-state index in [1.807, 2.05) is 31.2 Å². The summed E-state index contributed by atoms with van der Waals surface area (Å²) in [5.41, 5.74) is 4.05. The fraction of sp³-hybridized carbons (Fsp3) is 0.417. The molecule has 0 aliphatic carbocycles. The fourth-order valence-corrected chi connectivity index (χ4v) is 4.01. The molecule has 2 N–H and O–H groups in total. The van der Waals surface area contributed by atoms with E-state index in [1.54, 1.807) is 10.6 Å². The van der Waals surface area contributed by atoms with Crippen LogP contribution in [0.1, 0.15) is 38.8 Å². The number of nitrogens with zero attached hydrogens (tertiary/aromatic N) is 2. The number of aryl methyl sites for hydroxylation is 1. The van der Waals surface area contributed by atoms with Crippen LogP contribution in [0.3, 0.4) is 0 Å². The highest BCUT2D eigenvalue weighted by atomic mass is 35.5. The molecule has 3 heterocycles. The smallest absolute Gasteiger partial charge is 0.266 e. The van der Waals surface area contributed by atoms with Crippen molar-refractivity contribution in [3.8, 4) is 16.9 Å². The first-order valence-corrected chi connectivity index (χ1v) is 11.0. The van der Waals surface area contributed by atoms with E-state index in [9.17, 15) is 4.79 Å². The molecule has 1 fully saturated rings. The molecular formula is C24H32Cl2N4O2. The van der Waals surface area contributed by atoms with Crippen LogP contribution in [0.4, 0.5) is 5.69 Å². The van der Waals surface area contributed by atoms with E-state index in [2.05, 4.69) is 29.7 Å². The standard InChI is InChI=1S/C24H30N4O2.2ClH/c1-3-5-7-20-22(17-9-11-18(12-10-17)26-19-13-14-25-16-19)24(29)28-15-6-8-21(30-4-2)23(28)27-20;;/h6,8-12,15,19,25-26H,3-5,7,13-14,16H2,1-2H3;2*1H/t19-;;/m1../s1. The van der Waals surface area contributed by atoms with Gasteiger partial charge in [-0.3, -0.25) is 9.20 Å². The highest BCUT2D eigenvalue weighted by molar-refractivity contribution is 5.85. The minimum atomic E-state index is -0.0478. The SMILES string of the molecule is CCCCc1nc2c(OCC)cccn2c(=O)c1-c1ccc(N[C@@H]2CCNC2)cc1.Cl.Cl. The average Bonchev–Trinajstić information content (AvgIpc) is 3.27. The Bertz CT molecular complexity index is 1060. The second kappa shape index (κ2) is 12.1. The van der Waals surface area contributed by atoms with E-state index in [4.69, 9.17) is 9.72 Å². The molecule has 3 aromatic rings. The molecule has 4 rings (SSSR count). The number of halogens is 2. The van der Waals surface area contributed by atoms with Crippen molar-refractivity contribution in [2.45, 2.75) is 45.6 Å². The number of unbranched alkanes of at least 4 members (excludes halogenated alkanes) is 1. The molecule has 0 saturated carbocycles. The first kappa shape index (κ1) is 26.0. The van der Waals surface area contributed by atoms with Gasteiger partial charge in [0.2, 0.25) is 0 Å². The van der Waals surface area contributed by atoms with Gasteiger partial charge in [-0.05, 0) is 62.6 Å². The second-order valence-corrected chi connectivity index (χ2v) is 7.75. The Balaban J connectivity index is 0.00000181. The van der Waals surface area contributed by atoms with Crippen molar-refractivity contribution in [2.75, 3.05) is 25.0 Å². The number of ether oxygens (including phenoxy) is 1. The van der Waals surface area contributed by atoms with Crippen LogP contribution in [0, 0.1) is 0 Å². The quantitative estimate of drug-likeness (QED) is 0.490. The molecule has 174 valence electrons. The van der Waals surface area contributed by atoms with Gasteiger partial charge < -0.3 is 15.4 Å². The molecular weight excluding hydrogens is 447 g/mol. The molecule has 1 saturated heterocycles. The molecule has 1 aromatic carbocycles. The molecule has 0 radical (unpaired) electrons. The van der Waals surface area contributed by atoms with Gasteiger partial charge in [0, 0.05) is 24.5 Å². The molecule has 0 spiro atoms. The molecule has 2 aromatic heterocycles. The van der Waals surface area contributed by atoms with Gasteiger partial charge in [-0.25, -0.2) is 4.98 Å². The summed E-state index contributed by atoms with van der Waals surface area (Å²) >= 11 is 0. The zero-order valence-electron chi connectivity index (χ0n) is 18.6. The number of pyridine rings is 1. The van der Waals surface area contributed by atoms with E-state index in [-0.39, 0.29) is 30.4 Å². The average molecular weight is 479 g/mol. The van der Waals surface area contributed by atoms with Gasteiger partial charge in [0.1, 0.15) is 0 Å². The molecule has 0 unspecified atom stereocenters. The van der Waals surface area contributed by atoms with Crippen molar-refractivity contribution in [1.29, 1.82) is 0 Å².